The Hall–Kier alpha value is -3.21. The van der Waals surface area contributed by atoms with Crippen LogP contribution in [0.5, 0.6) is 5.75 Å². The van der Waals surface area contributed by atoms with E-state index in [1.165, 1.54) is 6.20 Å². The molecule has 3 aromatic rings. The number of fused-ring (bicyclic) bond motifs is 2. The Balaban J connectivity index is 1.33. The highest BCUT2D eigenvalue weighted by Gasteiger charge is 2.46. The number of ether oxygens (including phenoxy) is 4. The van der Waals surface area contributed by atoms with E-state index in [1.807, 2.05) is 26.0 Å². The number of rotatable bonds is 3. The molecule has 0 radical (unpaired) electrons. The summed E-state index contributed by atoms with van der Waals surface area (Å²) in [5.74, 6) is -0.0870. The molecule has 0 aliphatic carbocycles. The van der Waals surface area contributed by atoms with E-state index in [0.29, 0.717) is 44.1 Å². The Morgan fingerprint density at radius 2 is 1.94 bits per heavy atom. The van der Waals surface area contributed by atoms with Gasteiger partial charge in [0.2, 0.25) is 0 Å². The maximum atomic E-state index is 13.3. The highest BCUT2D eigenvalue weighted by molar-refractivity contribution is 6.09. The Bertz CT molecular complexity index is 1240. The fourth-order valence-corrected chi connectivity index (χ4v) is 4.66. The molecule has 2 saturated heterocycles. The number of nitrogens with one attached hydrogen (secondary N) is 1. The zero-order chi connectivity index (χ0) is 23.3. The number of amides is 1. The van der Waals surface area contributed by atoms with Gasteiger partial charge in [-0.15, -0.1) is 0 Å². The first-order chi connectivity index (χ1) is 16.4. The number of anilines is 2. The lowest BCUT2D eigenvalue weighted by atomic mass is 9.97. The molecule has 3 aliphatic rings. The van der Waals surface area contributed by atoms with Crippen LogP contribution in [0.4, 0.5) is 11.4 Å². The number of hydrogen-bond acceptors (Lipinski definition) is 8. The van der Waals surface area contributed by atoms with Crippen LogP contribution in [0.15, 0.2) is 36.8 Å². The van der Waals surface area contributed by atoms with Crippen LogP contribution in [0.3, 0.4) is 0 Å². The molecule has 1 spiro atoms. The molecular formula is C24H27N5O5. The average Bonchev–Trinajstić information content (AvgIpc) is 3.43. The summed E-state index contributed by atoms with van der Waals surface area (Å²) in [4.78, 5) is 19.8. The van der Waals surface area contributed by atoms with Crippen molar-refractivity contribution in [1.82, 2.24) is 14.6 Å². The Morgan fingerprint density at radius 1 is 1.15 bits per heavy atom. The van der Waals surface area contributed by atoms with Crippen molar-refractivity contribution in [2.24, 2.45) is 0 Å². The van der Waals surface area contributed by atoms with Gasteiger partial charge in [-0.05, 0) is 26.0 Å². The number of carbonyl (C=O) groups excluding carboxylic acids is 1. The van der Waals surface area contributed by atoms with Crippen molar-refractivity contribution in [3.8, 4) is 5.75 Å². The van der Waals surface area contributed by atoms with Gasteiger partial charge >= 0.3 is 0 Å². The lowest BCUT2D eigenvalue weighted by Gasteiger charge is -2.40. The van der Waals surface area contributed by atoms with E-state index >= 15 is 0 Å². The summed E-state index contributed by atoms with van der Waals surface area (Å²) in [5.41, 5.74) is 3.00. The quantitative estimate of drug-likeness (QED) is 0.629. The van der Waals surface area contributed by atoms with Gasteiger partial charge in [-0.3, -0.25) is 4.79 Å². The van der Waals surface area contributed by atoms with E-state index in [0.717, 1.165) is 35.8 Å². The molecule has 10 nitrogen and oxygen atoms in total. The second kappa shape index (κ2) is 7.93. The van der Waals surface area contributed by atoms with Crippen LogP contribution in [-0.2, 0) is 20.6 Å². The molecular weight excluding hydrogens is 438 g/mol. The zero-order valence-corrected chi connectivity index (χ0v) is 19.2. The molecule has 178 valence electrons. The van der Waals surface area contributed by atoms with Crippen molar-refractivity contribution in [1.29, 1.82) is 0 Å². The molecule has 1 aromatic carbocycles. The largest absolute Gasteiger partial charge is 0.482 e. The van der Waals surface area contributed by atoms with Gasteiger partial charge in [0.05, 0.1) is 44.0 Å². The molecule has 34 heavy (non-hydrogen) atoms. The first-order valence-corrected chi connectivity index (χ1v) is 11.5. The number of morpholine rings is 1. The van der Waals surface area contributed by atoms with Gasteiger partial charge in [-0.2, -0.15) is 5.10 Å². The van der Waals surface area contributed by atoms with Crippen molar-refractivity contribution < 1.29 is 23.7 Å². The molecule has 2 aromatic heterocycles. The van der Waals surface area contributed by atoms with Gasteiger partial charge in [0.25, 0.3) is 5.91 Å². The third-order valence-electron chi connectivity index (χ3n) is 6.51. The summed E-state index contributed by atoms with van der Waals surface area (Å²) in [6.07, 6.45) is 5.59. The molecule has 3 aliphatic heterocycles. The van der Waals surface area contributed by atoms with Crippen LogP contribution in [0.25, 0.3) is 5.65 Å². The average molecular weight is 466 g/mol. The third kappa shape index (κ3) is 3.77. The van der Waals surface area contributed by atoms with E-state index < -0.39 is 11.4 Å². The van der Waals surface area contributed by atoms with Crippen LogP contribution in [0, 0.1) is 0 Å². The van der Waals surface area contributed by atoms with Gasteiger partial charge in [-0.25, -0.2) is 9.50 Å². The maximum Gasteiger partial charge on any atom is 0.261 e. The molecule has 6 rings (SSSR count). The second-order valence-corrected chi connectivity index (χ2v) is 9.42. The topological polar surface area (TPSA) is 99.5 Å². The first-order valence-electron chi connectivity index (χ1n) is 11.5. The summed E-state index contributed by atoms with van der Waals surface area (Å²) in [6, 6.07) is 5.79. The highest BCUT2D eigenvalue weighted by atomic mass is 16.7. The van der Waals surface area contributed by atoms with Crippen LogP contribution in [-0.4, -0.2) is 71.4 Å². The lowest BCUT2D eigenvalue weighted by molar-refractivity contribution is -0.292. The molecule has 10 heteroatoms. The predicted molar refractivity (Wildman–Crippen MR) is 123 cm³/mol. The SMILES string of the molecule is CC1(C)OCC2(CO1)Cc1cc(NC(=O)c3cnn4cccnc34)c(N3CCOCC3)cc1O2. The molecule has 0 unspecified atom stereocenters. The van der Waals surface area contributed by atoms with Crippen LogP contribution in [0.1, 0.15) is 29.8 Å². The number of aromatic nitrogens is 3. The number of benzene rings is 1. The highest BCUT2D eigenvalue weighted by Crippen LogP contribution is 2.44. The van der Waals surface area contributed by atoms with Crippen molar-refractivity contribution in [3.05, 3.63) is 47.9 Å². The zero-order valence-electron chi connectivity index (χ0n) is 19.2. The Morgan fingerprint density at radius 3 is 2.74 bits per heavy atom. The summed E-state index contributed by atoms with van der Waals surface area (Å²) >= 11 is 0. The molecule has 2 fully saturated rings. The fourth-order valence-electron chi connectivity index (χ4n) is 4.66. The fraction of sp³-hybridized carbons (Fsp3) is 0.458. The van der Waals surface area contributed by atoms with Gasteiger partial charge in [0, 0.05) is 43.5 Å². The molecule has 1 N–H and O–H groups in total. The van der Waals surface area contributed by atoms with Gasteiger partial charge in [0.1, 0.15) is 11.3 Å². The smallest absolute Gasteiger partial charge is 0.261 e. The maximum absolute atomic E-state index is 13.3. The van der Waals surface area contributed by atoms with Gasteiger partial charge in [-0.1, -0.05) is 0 Å². The lowest BCUT2D eigenvalue weighted by Crippen LogP contribution is -2.54. The minimum absolute atomic E-state index is 0.261. The summed E-state index contributed by atoms with van der Waals surface area (Å²) in [6.45, 7) is 7.41. The summed E-state index contributed by atoms with van der Waals surface area (Å²) in [5, 5.41) is 7.34. The minimum Gasteiger partial charge on any atom is -0.482 e. The molecule has 0 saturated carbocycles. The minimum atomic E-state index is -0.621. The van der Waals surface area contributed by atoms with Crippen molar-refractivity contribution in [2.45, 2.75) is 31.7 Å². The monoisotopic (exact) mass is 465 g/mol. The van der Waals surface area contributed by atoms with Crippen LogP contribution in [0.2, 0.25) is 0 Å². The first kappa shape index (κ1) is 21.3. The van der Waals surface area contributed by atoms with E-state index in [4.69, 9.17) is 18.9 Å². The van der Waals surface area contributed by atoms with Gasteiger partial charge in [0.15, 0.2) is 17.0 Å². The molecule has 1 amide bonds. The number of nitrogens with zero attached hydrogens (tertiary/aromatic N) is 4. The van der Waals surface area contributed by atoms with Gasteiger partial charge < -0.3 is 29.2 Å². The summed E-state index contributed by atoms with van der Waals surface area (Å²) in [7, 11) is 0. The molecule has 0 atom stereocenters. The van der Waals surface area contributed by atoms with Crippen molar-refractivity contribution in [3.63, 3.8) is 0 Å². The normalized spacial score (nSPS) is 20.8. The van der Waals surface area contributed by atoms with Crippen molar-refractivity contribution >= 4 is 22.9 Å². The van der Waals surface area contributed by atoms with Crippen molar-refractivity contribution in [2.75, 3.05) is 49.7 Å². The van der Waals surface area contributed by atoms with E-state index in [9.17, 15) is 4.79 Å². The Labute approximate surface area is 196 Å². The summed E-state index contributed by atoms with van der Waals surface area (Å²) < 4.78 is 25.3. The van der Waals surface area contributed by atoms with E-state index in [-0.39, 0.29) is 5.91 Å². The van der Waals surface area contributed by atoms with E-state index in [2.05, 4.69) is 20.3 Å². The number of carbonyl (C=O) groups is 1. The molecule has 0 bridgehead atoms. The van der Waals surface area contributed by atoms with Crippen LogP contribution < -0.4 is 15.0 Å². The van der Waals surface area contributed by atoms with Crippen LogP contribution >= 0.6 is 0 Å². The standard InChI is InChI=1S/C24H27N5O5/c1-23(2)32-14-24(15-33-23)12-16-10-18(19(11-20(16)34-24)28-6-8-31-9-7-28)27-22(30)17-13-26-29-5-3-4-25-21(17)29/h3-5,10-11,13H,6-9,12,14-15H2,1-2H3,(H,27,30). The third-order valence-corrected chi connectivity index (χ3v) is 6.51. The molecule has 5 heterocycles. The number of hydrogen-bond donors (Lipinski definition) is 1. The van der Waals surface area contributed by atoms with E-state index in [1.54, 1.807) is 23.0 Å². The predicted octanol–water partition coefficient (Wildman–Crippen LogP) is 2.27. The Kier molecular flexibility index (Phi) is 4.98. The second-order valence-electron chi connectivity index (χ2n) is 9.42.